The highest BCUT2D eigenvalue weighted by Gasteiger charge is 2.47. The van der Waals surface area contributed by atoms with Crippen LogP contribution in [0.2, 0.25) is 0 Å². The zero-order chi connectivity index (χ0) is 85.2. The maximum atomic E-state index is 15.3. The van der Waals surface area contributed by atoms with Crippen LogP contribution in [0.1, 0.15) is 194 Å². The van der Waals surface area contributed by atoms with E-state index in [1.165, 1.54) is 85.6 Å². The van der Waals surface area contributed by atoms with Gasteiger partial charge in [0.05, 0.1) is 18.6 Å². The van der Waals surface area contributed by atoms with Crippen molar-refractivity contribution in [2.75, 3.05) is 89.8 Å². The molecule has 0 aliphatic heterocycles. The number of carbonyl (C=O) groups is 14. The van der Waals surface area contributed by atoms with Crippen molar-refractivity contribution in [2.45, 2.75) is 250 Å². The number of esters is 2. The summed E-state index contributed by atoms with van der Waals surface area (Å²) in [6.07, 6.45) is 2.69. The molecule has 0 fully saturated rings. The molecule has 0 saturated carbocycles. The normalized spacial score (nSPS) is 15.4. The minimum absolute atomic E-state index is 0.0627. The number of nitrogens with zero attached hydrogens (tertiary/aromatic N) is 7. The lowest BCUT2D eigenvalue weighted by molar-refractivity contribution is -0.164. The number of amides is 9. The zero-order valence-corrected chi connectivity index (χ0v) is 72.1. The van der Waals surface area contributed by atoms with Crippen LogP contribution in [-0.4, -0.2) is 261 Å². The Bertz CT molecular complexity index is 3220. The molecule has 0 spiro atoms. The number of hydrogen-bond donors (Lipinski definition) is 3. The quantitative estimate of drug-likeness (QED) is 0.0314. The van der Waals surface area contributed by atoms with Crippen LogP contribution >= 0.6 is 0 Å². The number of nitrogens with one attached hydrogen (secondary N) is 3. The number of methoxy groups -OCH3 is 1. The molecule has 1 rings (SSSR count). The molecule has 28 heteroatoms. The number of hydrogen-bond acceptors (Lipinski definition) is 19. The van der Waals surface area contributed by atoms with E-state index in [1.807, 2.05) is 78.0 Å². The Kier molecular flexibility index (Phi) is 45.5. The van der Waals surface area contributed by atoms with Gasteiger partial charge in [-0.05, 0) is 106 Å². The first-order valence-electron chi connectivity index (χ1n) is 39.5. The second kappa shape index (κ2) is 50.1. The van der Waals surface area contributed by atoms with Gasteiger partial charge in [-0.2, -0.15) is 0 Å². The third-order valence-electron chi connectivity index (χ3n) is 20.6. The summed E-state index contributed by atoms with van der Waals surface area (Å²) in [5.74, 6) is -12.7. The van der Waals surface area contributed by atoms with E-state index in [1.54, 1.807) is 96.5 Å². The van der Waals surface area contributed by atoms with E-state index in [2.05, 4.69) is 16.0 Å². The molecule has 0 aliphatic carbocycles. The van der Waals surface area contributed by atoms with E-state index in [4.69, 9.17) is 18.9 Å². The largest absolute Gasteiger partial charge is 0.462 e. The first-order valence-corrected chi connectivity index (χ1v) is 39.5. The Morgan fingerprint density at radius 1 is 0.523 bits per heavy atom. The number of allylic oxidation sites excluding steroid dienone is 2. The van der Waals surface area contributed by atoms with E-state index >= 15 is 14.4 Å². The van der Waals surface area contributed by atoms with Gasteiger partial charge in [0, 0.05) is 120 Å². The standard InChI is InChI=1S/C83H140N10O18/c1-28-30-35-55(13)74(111-60(18)95)73(76(100)85-63(29-2)82(106)109-41-40-87(20)59(17)94)93(26)81(105)72(54(11)12)92(25)79(103)67(44-52(7)8)91(24)78(102)66(43-51(5)6)90(23)77(101)57(15)46-68(96)56(14)45-70(98)65(42-50(3)4)89(22)80(104)71(53(9)10)86-75(99)62(58(16)48-108-27)47-69(97)64(84-19)38-34-39-88(21)83(107)110-49-61-36-32-31-33-37-61/h28,30-33,36-37,50-58,62-67,71-74,84H,29,34-35,38-49H2,1-27H3,(H,85,100)(H,86,99)/b30-28+/t55-,56-,57+,58-,62+,63+,64-,65+,66+,67+,71+,72+,73+,74-/m1/s1. The van der Waals surface area contributed by atoms with Crippen LogP contribution in [0.25, 0.3) is 0 Å². The van der Waals surface area contributed by atoms with Crippen molar-refractivity contribution in [2.24, 2.45) is 59.2 Å². The lowest BCUT2D eigenvalue weighted by Crippen LogP contribution is -2.63. The SMILES string of the molecule is C/C=C/C[C@@H](C)[C@@H](OC(C)=O)[C@@H](C(=O)N[C@@H](CC)C(=O)OCCN(C)C(C)=O)N(C)C(=O)[C@H](C(C)C)N(C)C(=O)[C@H](CC(C)C)N(C)C(=O)[C@H](CC(C)C)N(C)C(=O)[C@@H](C)CC(=O)[C@H](C)CC(=O)[C@H](CC(C)C)N(C)C(=O)[C@@H](NC(=O)[C@@H](CC(=O)[C@@H](CCCN(C)C(=O)OCc1ccccc1)NC)[C@H](C)COC)C(C)C. The van der Waals surface area contributed by atoms with Crippen LogP contribution < -0.4 is 16.0 Å². The predicted molar refractivity (Wildman–Crippen MR) is 426 cm³/mol. The molecule has 111 heavy (non-hydrogen) atoms. The van der Waals surface area contributed by atoms with E-state index in [0.29, 0.717) is 25.8 Å². The molecule has 0 saturated heterocycles. The fraction of sp³-hybridized carbons (Fsp3) is 0.735. The number of ether oxygens (including phenoxy) is 4. The molecular formula is C83H140N10O18. The van der Waals surface area contributed by atoms with Crippen molar-refractivity contribution in [1.82, 2.24) is 50.2 Å². The number of benzene rings is 1. The summed E-state index contributed by atoms with van der Waals surface area (Å²) in [6.45, 7) is 31.4. The maximum Gasteiger partial charge on any atom is 0.409 e. The van der Waals surface area contributed by atoms with Crippen molar-refractivity contribution in [3.05, 3.63) is 48.0 Å². The number of likely N-dealkylation sites (N-methyl/N-ethyl adjacent to an activating group) is 7. The number of carbonyl (C=O) groups excluding carboxylic acids is 14. The molecule has 1 aromatic rings. The van der Waals surface area contributed by atoms with Crippen LogP contribution in [0.5, 0.6) is 0 Å². The van der Waals surface area contributed by atoms with Crippen molar-refractivity contribution in [3.8, 4) is 0 Å². The van der Waals surface area contributed by atoms with Crippen LogP contribution in [0.15, 0.2) is 42.5 Å². The third-order valence-corrected chi connectivity index (χ3v) is 20.6. The van der Waals surface area contributed by atoms with Crippen molar-refractivity contribution < 1.29 is 86.1 Å². The molecule has 0 unspecified atom stereocenters. The highest BCUT2D eigenvalue weighted by atomic mass is 16.6. The van der Waals surface area contributed by atoms with Gasteiger partial charge in [0.15, 0.2) is 11.6 Å². The lowest BCUT2D eigenvalue weighted by atomic mass is 9.85. The van der Waals surface area contributed by atoms with Crippen LogP contribution in [0.4, 0.5) is 4.79 Å². The molecule has 0 aromatic heterocycles. The zero-order valence-electron chi connectivity index (χ0n) is 72.1. The monoisotopic (exact) mass is 1570 g/mol. The van der Waals surface area contributed by atoms with Crippen molar-refractivity contribution in [3.63, 3.8) is 0 Å². The van der Waals surface area contributed by atoms with Gasteiger partial charge in [0.2, 0.25) is 47.3 Å². The fourth-order valence-electron chi connectivity index (χ4n) is 13.5. The lowest BCUT2D eigenvalue weighted by Gasteiger charge is -2.42. The molecule has 14 atom stereocenters. The molecule has 630 valence electrons. The number of Topliss-reactive ketones (excluding diaryl/α,β-unsaturated/α-hetero) is 3. The van der Waals surface area contributed by atoms with E-state index in [-0.39, 0.29) is 101 Å². The molecule has 0 radical (unpaired) electrons. The Labute approximate surface area is 663 Å². The average Bonchev–Trinajstić information content (AvgIpc) is 0.801. The van der Waals surface area contributed by atoms with Crippen LogP contribution in [0, 0.1) is 59.2 Å². The fourth-order valence-corrected chi connectivity index (χ4v) is 13.5. The van der Waals surface area contributed by atoms with Gasteiger partial charge in [-0.25, -0.2) is 9.59 Å². The van der Waals surface area contributed by atoms with E-state index in [9.17, 15) is 52.7 Å². The van der Waals surface area contributed by atoms with Gasteiger partial charge >= 0.3 is 18.0 Å². The molecule has 0 bridgehead atoms. The highest BCUT2D eigenvalue weighted by Crippen LogP contribution is 2.29. The first kappa shape index (κ1) is 101. The van der Waals surface area contributed by atoms with E-state index < -0.39 is 167 Å². The Hall–Kier alpha value is -8.14. The van der Waals surface area contributed by atoms with Gasteiger partial charge in [-0.1, -0.05) is 146 Å². The predicted octanol–water partition coefficient (Wildman–Crippen LogP) is 8.19. The smallest absolute Gasteiger partial charge is 0.409 e. The van der Waals surface area contributed by atoms with Crippen molar-refractivity contribution >= 4 is 82.6 Å². The average molecular weight is 1570 g/mol. The van der Waals surface area contributed by atoms with Gasteiger partial charge in [-0.3, -0.25) is 57.5 Å². The summed E-state index contributed by atoms with van der Waals surface area (Å²) in [6, 6.07) is 0.0515. The van der Waals surface area contributed by atoms with Gasteiger partial charge in [0.1, 0.15) is 61.4 Å². The topological polar surface area (TPSA) is 335 Å². The van der Waals surface area contributed by atoms with Gasteiger partial charge < -0.3 is 69.2 Å². The Morgan fingerprint density at radius 3 is 1.54 bits per heavy atom. The van der Waals surface area contributed by atoms with Gasteiger partial charge in [-0.15, -0.1) is 0 Å². The van der Waals surface area contributed by atoms with Gasteiger partial charge in [0.25, 0.3) is 0 Å². The maximum absolute atomic E-state index is 15.3. The summed E-state index contributed by atoms with van der Waals surface area (Å²) >= 11 is 0. The number of ketones is 3. The molecule has 0 aliphatic rings. The Morgan fingerprint density at radius 2 is 1.05 bits per heavy atom. The third kappa shape index (κ3) is 32.8. The molecule has 0 heterocycles. The molecule has 3 N–H and O–H groups in total. The summed E-state index contributed by atoms with van der Waals surface area (Å²) in [7, 11) is 13.5. The highest BCUT2D eigenvalue weighted by molar-refractivity contribution is 5.99. The molecule has 9 amide bonds. The molecule has 28 nitrogen and oxygen atoms in total. The molecular weight excluding hydrogens is 1420 g/mol. The van der Waals surface area contributed by atoms with Crippen molar-refractivity contribution in [1.29, 1.82) is 0 Å². The Balaban J connectivity index is 3.58. The van der Waals surface area contributed by atoms with E-state index in [0.717, 1.165) is 10.5 Å². The summed E-state index contributed by atoms with van der Waals surface area (Å²) < 4.78 is 22.2. The molecule has 1 aromatic carbocycles. The summed E-state index contributed by atoms with van der Waals surface area (Å²) in [4.78, 5) is 208. The minimum atomic E-state index is -1.56. The second-order valence-electron chi connectivity index (χ2n) is 32.3. The summed E-state index contributed by atoms with van der Waals surface area (Å²) in [5.41, 5.74) is 0.847. The summed E-state index contributed by atoms with van der Waals surface area (Å²) in [5, 5.41) is 8.71. The van der Waals surface area contributed by atoms with Crippen LogP contribution in [-0.2, 0) is 87.9 Å². The second-order valence-corrected chi connectivity index (χ2v) is 32.3. The number of rotatable bonds is 51. The first-order chi connectivity index (χ1) is 51.8. The minimum Gasteiger partial charge on any atom is -0.462 e. The van der Waals surface area contributed by atoms with Crippen LogP contribution in [0.3, 0.4) is 0 Å².